The van der Waals surface area contributed by atoms with Crippen molar-refractivity contribution in [3.63, 3.8) is 0 Å². The van der Waals surface area contributed by atoms with Gasteiger partial charge in [0, 0.05) is 0 Å². The Bertz CT molecular complexity index is 250. The van der Waals surface area contributed by atoms with E-state index in [0.29, 0.717) is 6.10 Å². The summed E-state index contributed by atoms with van der Waals surface area (Å²) in [5, 5.41) is 0. The van der Waals surface area contributed by atoms with E-state index in [1.807, 2.05) is 0 Å². The van der Waals surface area contributed by atoms with Crippen LogP contribution in [0.4, 0.5) is 4.79 Å². The van der Waals surface area contributed by atoms with Gasteiger partial charge in [0.25, 0.3) is 0 Å². The molecular formula is C13H29NO3S. The van der Waals surface area contributed by atoms with Gasteiger partial charge in [-0.25, -0.2) is 4.79 Å². The Labute approximate surface area is 113 Å². The Balaban J connectivity index is 0.000000331. The van der Waals surface area contributed by atoms with Crippen LogP contribution in [0.1, 0.15) is 46.5 Å². The first-order chi connectivity index (χ1) is 7.99. The molecule has 1 amide bonds. The summed E-state index contributed by atoms with van der Waals surface area (Å²) in [7, 11) is -0.708. The van der Waals surface area contributed by atoms with Crippen LogP contribution < -0.4 is 5.73 Å². The summed E-state index contributed by atoms with van der Waals surface area (Å²) in [6.45, 7) is 5.28. The topological polar surface area (TPSA) is 61.5 Å². The molecule has 0 aromatic rings. The van der Waals surface area contributed by atoms with Crippen LogP contribution in [0.25, 0.3) is 0 Å². The van der Waals surface area contributed by atoms with Crippen LogP contribution in [0.5, 0.6) is 0 Å². The second-order valence-electron chi connectivity index (χ2n) is 6.26. The Hall–Kier alpha value is -0.420. The zero-order valence-corrected chi connectivity index (χ0v) is 13.4. The number of nitrogens with two attached hydrogens (primary N) is 1. The molecule has 0 aromatic carbocycles. The quantitative estimate of drug-likeness (QED) is 0.842. The van der Waals surface area contributed by atoms with Crippen LogP contribution in [0.15, 0.2) is 0 Å². The lowest BCUT2D eigenvalue weighted by Gasteiger charge is -2.29. The van der Waals surface area contributed by atoms with Gasteiger partial charge in [0.1, 0.15) is 5.60 Å². The third-order valence-electron chi connectivity index (χ3n) is 2.13. The summed E-state index contributed by atoms with van der Waals surface area (Å²) in [5.41, 5.74) is 4.26. The third kappa shape index (κ3) is 12.0. The van der Waals surface area contributed by atoms with Crippen LogP contribution >= 0.6 is 10.3 Å². The van der Waals surface area contributed by atoms with Gasteiger partial charge in [0.15, 0.2) is 0 Å². The highest BCUT2D eigenvalue weighted by Gasteiger charge is 2.19. The molecule has 1 aliphatic rings. The molecule has 4 nitrogen and oxygen atoms in total. The molecule has 0 aliphatic heterocycles. The highest BCUT2D eigenvalue weighted by molar-refractivity contribution is 8.28. The zero-order chi connectivity index (χ0) is 14.4. The number of hydrogen-bond donors (Lipinski definition) is 1. The highest BCUT2D eigenvalue weighted by atomic mass is 32.3. The van der Waals surface area contributed by atoms with Gasteiger partial charge in [-0.3, -0.25) is 0 Å². The molecule has 0 bridgehead atoms. The molecule has 0 spiro atoms. The second kappa shape index (κ2) is 7.24. The minimum atomic E-state index is -0.725. The summed E-state index contributed by atoms with van der Waals surface area (Å²) in [4.78, 5) is 10.0. The first-order valence-corrected chi connectivity index (χ1v) is 9.13. The van der Waals surface area contributed by atoms with Crippen LogP contribution in [0, 0.1) is 0 Å². The van der Waals surface area contributed by atoms with Gasteiger partial charge in [-0.1, -0.05) is 12.8 Å². The van der Waals surface area contributed by atoms with E-state index in [2.05, 4.69) is 23.5 Å². The molecule has 110 valence electrons. The molecule has 0 unspecified atom stereocenters. The maximum absolute atomic E-state index is 10.0. The van der Waals surface area contributed by atoms with E-state index in [9.17, 15) is 4.79 Å². The number of carbonyl (C=O) groups is 1. The molecule has 1 fully saturated rings. The second-order valence-corrected chi connectivity index (χ2v) is 9.90. The fourth-order valence-electron chi connectivity index (χ4n) is 1.69. The van der Waals surface area contributed by atoms with Crippen molar-refractivity contribution in [3.8, 4) is 0 Å². The van der Waals surface area contributed by atoms with E-state index in [0.717, 1.165) is 0 Å². The van der Waals surface area contributed by atoms with Crippen molar-refractivity contribution in [2.24, 2.45) is 5.73 Å². The van der Waals surface area contributed by atoms with Crippen molar-refractivity contribution >= 4 is 16.4 Å². The largest absolute Gasteiger partial charge is 0.444 e. The highest BCUT2D eigenvalue weighted by Crippen LogP contribution is 2.41. The minimum Gasteiger partial charge on any atom is -0.444 e. The third-order valence-corrected chi connectivity index (χ3v) is 2.98. The minimum absolute atomic E-state index is 0.453. The summed E-state index contributed by atoms with van der Waals surface area (Å²) in [5.74, 6) is 0. The number of primary amides is 1. The summed E-state index contributed by atoms with van der Waals surface area (Å²) < 4.78 is 10.5. The van der Waals surface area contributed by atoms with E-state index in [1.165, 1.54) is 25.7 Å². The molecule has 0 radical (unpaired) electrons. The molecule has 18 heavy (non-hydrogen) atoms. The van der Waals surface area contributed by atoms with Gasteiger partial charge < -0.3 is 14.7 Å². The predicted molar refractivity (Wildman–Crippen MR) is 79.1 cm³/mol. The molecule has 0 heterocycles. The Morgan fingerprint density at radius 3 is 1.83 bits per heavy atom. The lowest BCUT2D eigenvalue weighted by Crippen LogP contribution is -2.27. The van der Waals surface area contributed by atoms with E-state index < -0.39 is 22.0 Å². The summed E-state index contributed by atoms with van der Waals surface area (Å²) >= 11 is 0. The fourth-order valence-corrected chi connectivity index (χ4v) is 2.70. The van der Waals surface area contributed by atoms with Crippen LogP contribution in [0.3, 0.4) is 0 Å². The smallest absolute Gasteiger partial charge is 0.405 e. The van der Waals surface area contributed by atoms with Crippen LogP contribution in [-0.4, -0.2) is 36.6 Å². The van der Waals surface area contributed by atoms with E-state index in [4.69, 9.17) is 9.92 Å². The molecule has 2 N–H and O–H groups in total. The van der Waals surface area contributed by atoms with Gasteiger partial charge in [0.05, 0.1) is 6.10 Å². The maximum atomic E-state index is 10.0. The standard InChI is InChI=1S/C8H18OS.C5H11NO2/c1-10(2,3)9-8-6-4-5-7-8;1-5(2,3)8-4(6)7/h8H,4-7H2,1-3H3;1-3H3,(H2,6,7). The van der Waals surface area contributed by atoms with Crippen molar-refractivity contribution in [1.29, 1.82) is 0 Å². The molecule has 1 saturated carbocycles. The van der Waals surface area contributed by atoms with Gasteiger partial charge in [0.2, 0.25) is 0 Å². The molecule has 5 heteroatoms. The number of hydrogen-bond acceptors (Lipinski definition) is 3. The summed E-state index contributed by atoms with van der Waals surface area (Å²) in [6.07, 6.45) is 11.9. The van der Waals surface area contributed by atoms with Gasteiger partial charge in [-0.2, -0.15) is 0 Å². The Morgan fingerprint density at radius 2 is 1.61 bits per heavy atom. The van der Waals surface area contributed by atoms with Crippen molar-refractivity contribution < 1.29 is 13.7 Å². The van der Waals surface area contributed by atoms with Crippen molar-refractivity contribution in [1.82, 2.24) is 0 Å². The summed E-state index contributed by atoms with van der Waals surface area (Å²) in [6, 6.07) is 0. The monoisotopic (exact) mass is 279 g/mol. The van der Waals surface area contributed by atoms with Gasteiger partial charge >= 0.3 is 6.09 Å². The normalized spacial score (nSPS) is 17.9. The first-order valence-electron chi connectivity index (χ1n) is 6.34. The number of ether oxygens (including phenoxy) is 1. The molecule has 0 aromatic heterocycles. The Kier molecular flexibility index (Phi) is 7.07. The lowest BCUT2D eigenvalue weighted by atomic mass is 10.2. The number of carbonyl (C=O) groups excluding carboxylic acids is 1. The average molecular weight is 279 g/mol. The Morgan fingerprint density at radius 1 is 1.17 bits per heavy atom. The van der Waals surface area contributed by atoms with E-state index >= 15 is 0 Å². The van der Waals surface area contributed by atoms with Crippen molar-refractivity contribution in [2.45, 2.75) is 58.2 Å². The van der Waals surface area contributed by atoms with Gasteiger partial charge in [-0.05, 0) is 52.4 Å². The SMILES string of the molecule is CC(C)(C)OC(N)=O.CS(C)(C)OC1CCCC1. The number of rotatable bonds is 2. The van der Waals surface area contributed by atoms with Crippen LogP contribution in [0.2, 0.25) is 0 Å². The first kappa shape index (κ1) is 17.6. The average Bonchev–Trinajstić information content (AvgIpc) is 2.48. The van der Waals surface area contributed by atoms with Crippen LogP contribution in [-0.2, 0) is 8.92 Å². The molecule has 0 saturated heterocycles. The zero-order valence-electron chi connectivity index (χ0n) is 12.6. The van der Waals surface area contributed by atoms with E-state index in [-0.39, 0.29) is 0 Å². The number of amides is 1. The van der Waals surface area contributed by atoms with Crippen molar-refractivity contribution in [2.75, 3.05) is 18.8 Å². The van der Waals surface area contributed by atoms with Crippen molar-refractivity contribution in [3.05, 3.63) is 0 Å². The lowest BCUT2D eigenvalue weighted by molar-refractivity contribution is 0.0600. The fraction of sp³-hybridized carbons (Fsp3) is 0.923. The van der Waals surface area contributed by atoms with E-state index in [1.54, 1.807) is 20.8 Å². The molecular weight excluding hydrogens is 250 g/mol. The molecule has 1 rings (SSSR count). The molecule has 1 aliphatic carbocycles. The van der Waals surface area contributed by atoms with Gasteiger partial charge in [-0.15, -0.1) is 10.3 Å². The predicted octanol–water partition coefficient (Wildman–Crippen LogP) is 3.43. The maximum Gasteiger partial charge on any atom is 0.405 e. The molecule has 0 atom stereocenters.